The van der Waals surface area contributed by atoms with E-state index in [4.69, 9.17) is 36.4 Å². The quantitative estimate of drug-likeness (QED) is 0.334. The van der Waals surface area contributed by atoms with Crippen molar-refractivity contribution in [1.82, 2.24) is 19.9 Å². The molecule has 4 rings (SSSR count). The number of anilines is 2. The van der Waals surface area contributed by atoms with Crippen LogP contribution in [-0.2, 0) is 17.6 Å². The fraction of sp³-hybridized carbons (Fsp3) is 0.538. The lowest BCUT2D eigenvalue weighted by molar-refractivity contribution is 0.122. The summed E-state index contributed by atoms with van der Waals surface area (Å²) in [5.41, 5.74) is 1.99. The number of halogens is 1. The third-order valence-electron chi connectivity index (χ3n) is 6.17. The number of ether oxygens (including phenoxy) is 1. The molecular weight excluding hydrogens is 464 g/mol. The maximum absolute atomic E-state index is 9.03. The molecule has 2 N–H and O–H groups in total. The van der Waals surface area contributed by atoms with Crippen LogP contribution in [0.2, 0.25) is 5.02 Å². The van der Waals surface area contributed by atoms with Gasteiger partial charge in [-0.1, -0.05) is 24.4 Å². The van der Waals surface area contributed by atoms with Crippen molar-refractivity contribution < 1.29 is 9.84 Å². The minimum atomic E-state index is 0.238. The number of fused-ring (bicyclic) bond motifs is 1. The van der Waals surface area contributed by atoms with E-state index in [9.17, 15) is 0 Å². The number of nitrogens with zero attached hydrogens (tertiary/aromatic N) is 5. The Morgan fingerprint density at radius 3 is 2.40 bits per heavy atom. The minimum absolute atomic E-state index is 0.238. The highest BCUT2D eigenvalue weighted by Crippen LogP contribution is 2.24. The number of aryl methyl sites for hydroxylation is 2. The highest BCUT2D eigenvalue weighted by atomic mass is 35.5. The summed E-state index contributed by atoms with van der Waals surface area (Å²) in [7, 11) is 0. The van der Waals surface area contributed by atoms with Crippen LogP contribution in [0.5, 0.6) is 0 Å². The first kappa shape index (κ1) is 25.5. The number of rotatable bonds is 13. The first-order valence-electron chi connectivity index (χ1n) is 12.7. The van der Waals surface area contributed by atoms with E-state index in [2.05, 4.69) is 15.2 Å². The normalized spacial score (nSPS) is 13.9. The van der Waals surface area contributed by atoms with Crippen molar-refractivity contribution in [1.29, 1.82) is 0 Å². The molecule has 35 heavy (non-hydrogen) atoms. The van der Waals surface area contributed by atoms with Crippen LogP contribution in [0.4, 0.5) is 11.6 Å². The summed E-state index contributed by atoms with van der Waals surface area (Å²) in [6, 6.07) is 7.82. The summed E-state index contributed by atoms with van der Waals surface area (Å²) in [4.78, 5) is 20.9. The number of morpholine rings is 1. The molecule has 1 aliphatic rings. The zero-order valence-electron chi connectivity index (χ0n) is 20.3. The zero-order valence-corrected chi connectivity index (χ0v) is 21.0. The second-order valence-electron chi connectivity index (χ2n) is 8.86. The van der Waals surface area contributed by atoms with Crippen LogP contribution in [0, 0.1) is 0 Å². The summed E-state index contributed by atoms with van der Waals surface area (Å²) in [5.74, 6) is 2.52. The molecule has 3 heterocycles. The number of hydrogen-bond acceptors (Lipinski definition) is 8. The molecule has 1 saturated heterocycles. The lowest BCUT2D eigenvalue weighted by atomic mass is 10.1. The van der Waals surface area contributed by atoms with Crippen molar-refractivity contribution in [2.24, 2.45) is 0 Å². The van der Waals surface area contributed by atoms with Crippen LogP contribution < -0.4 is 10.2 Å². The van der Waals surface area contributed by atoms with Crippen LogP contribution in [0.1, 0.15) is 50.2 Å². The number of nitrogens with one attached hydrogen (secondary N) is 1. The Labute approximate surface area is 212 Å². The van der Waals surface area contributed by atoms with Crippen LogP contribution >= 0.6 is 11.6 Å². The molecule has 0 bridgehead atoms. The van der Waals surface area contributed by atoms with Gasteiger partial charge in [0.1, 0.15) is 11.6 Å². The van der Waals surface area contributed by atoms with E-state index in [1.165, 1.54) is 0 Å². The Morgan fingerprint density at radius 1 is 0.914 bits per heavy atom. The average molecular weight is 499 g/mol. The number of aromatic nitrogens is 4. The summed E-state index contributed by atoms with van der Waals surface area (Å²) in [6.07, 6.45) is 9.46. The van der Waals surface area contributed by atoms with Gasteiger partial charge in [0, 0.05) is 61.4 Å². The van der Waals surface area contributed by atoms with Crippen molar-refractivity contribution >= 4 is 34.1 Å². The fourth-order valence-corrected chi connectivity index (χ4v) is 4.40. The smallest absolute Gasteiger partial charge is 0.229 e. The summed E-state index contributed by atoms with van der Waals surface area (Å²) < 4.78 is 5.48. The van der Waals surface area contributed by atoms with E-state index < -0.39 is 0 Å². The molecule has 2 aromatic heterocycles. The first-order chi connectivity index (χ1) is 17.2. The molecule has 0 saturated carbocycles. The predicted molar refractivity (Wildman–Crippen MR) is 140 cm³/mol. The van der Waals surface area contributed by atoms with Crippen molar-refractivity contribution in [3.8, 4) is 0 Å². The van der Waals surface area contributed by atoms with Gasteiger partial charge in [-0.15, -0.1) is 0 Å². The molecule has 0 spiro atoms. The molecule has 1 aliphatic heterocycles. The van der Waals surface area contributed by atoms with Gasteiger partial charge in [-0.25, -0.2) is 4.98 Å². The minimum Gasteiger partial charge on any atom is -0.396 e. The highest BCUT2D eigenvalue weighted by molar-refractivity contribution is 6.31. The van der Waals surface area contributed by atoms with E-state index in [0.29, 0.717) is 18.2 Å². The Hall–Kier alpha value is -2.55. The van der Waals surface area contributed by atoms with Gasteiger partial charge >= 0.3 is 0 Å². The Balaban J connectivity index is 1.28. The number of benzene rings is 1. The molecule has 9 heteroatoms. The second kappa shape index (κ2) is 13.5. The monoisotopic (exact) mass is 498 g/mol. The number of aliphatic hydroxyl groups excluding tert-OH is 1. The molecule has 0 amide bonds. The van der Waals surface area contributed by atoms with E-state index in [1.54, 1.807) is 0 Å². The molecule has 3 aromatic rings. The molecule has 1 aromatic carbocycles. The van der Waals surface area contributed by atoms with Gasteiger partial charge in [0.05, 0.1) is 18.7 Å². The molecule has 0 atom stereocenters. The van der Waals surface area contributed by atoms with Gasteiger partial charge in [0.2, 0.25) is 5.95 Å². The second-order valence-corrected chi connectivity index (χ2v) is 9.30. The van der Waals surface area contributed by atoms with Crippen molar-refractivity contribution in [3.05, 3.63) is 47.1 Å². The fourth-order valence-electron chi connectivity index (χ4n) is 4.24. The maximum Gasteiger partial charge on any atom is 0.229 e. The molecule has 188 valence electrons. The van der Waals surface area contributed by atoms with Gasteiger partial charge in [-0.2, -0.15) is 9.97 Å². The molecule has 8 nitrogen and oxygen atoms in total. The van der Waals surface area contributed by atoms with Crippen LogP contribution in [0.3, 0.4) is 0 Å². The average Bonchev–Trinajstić information content (AvgIpc) is 2.89. The SMILES string of the molecule is OCCCCCc1nc(CCCCCNc2ccnc3cc(Cl)ccc23)nc(N2CCOCC2)n1. The standard InChI is InChI=1S/C26H35ClN6O2/c27-20-9-10-21-22(11-13-29-23(21)19-20)28-12-5-1-3-7-24-30-25(8-4-2-6-16-34)32-26(31-24)33-14-17-35-18-15-33/h9-11,13,19,34H,1-8,12,14-18H2,(H,28,29). The van der Waals surface area contributed by atoms with Gasteiger partial charge in [0.25, 0.3) is 0 Å². The van der Waals surface area contributed by atoms with Gasteiger partial charge < -0.3 is 20.1 Å². The molecule has 1 fully saturated rings. The van der Waals surface area contributed by atoms with E-state index in [-0.39, 0.29) is 6.61 Å². The van der Waals surface area contributed by atoms with Crippen molar-refractivity contribution in [2.75, 3.05) is 49.7 Å². The van der Waals surface area contributed by atoms with Crippen LogP contribution in [-0.4, -0.2) is 64.5 Å². The summed E-state index contributed by atoms with van der Waals surface area (Å²) in [5, 5.41) is 14.4. The first-order valence-corrected chi connectivity index (χ1v) is 13.1. The molecule has 0 unspecified atom stereocenters. The molecule has 0 aliphatic carbocycles. The molecule has 0 radical (unpaired) electrons. The third-order valence-corrected chi connectivity index (χ3v) is 6.40. The van der Waals surface area contributed by atoms with Gasteiger partial charge in [-0.3, -0.25) is 4.98 Å². The van der Waals surface area contributed by atoms with Crippen LogP contribution in [0.15, 0.2) is 30.5 Å². The summed E-state index contributed by atoms with van der Waals surface area (Å²) in [6.45, 7) is 4.18. The molecular formula is C26H35ClN6O2. The topological polar surface area (TPSA) is 96.3 Å². The number of unbranched alkanes of at least 4 members (excludes halogenated alkanes) is 4. The van der Waals surface area contributed by atoms with E-state index in [1.807, 2.05) is 30.5 Å². The van der Waals surface area contributed by atoms with Crippen molar-refractivity contribution in [2.45, 2.75) is 51.4 Å². The summed E-state index contributed by atoms with van der Waals surface area (Å²) >= 11 is 6.09. The third kappa shape index (κ3) is 7.72. The largest absolute Gasteiger partial charge is 0.396 e. The Bertz CT molecular complexity index is 1080. The number of hydrogen-bond donors (Lipinski definition) is 2. The van der Waals surface area contributed by atoms with E-state index in [0.717, 1.165) is 105 Å². The number of aliphatic hydroxyl groups is 1. The van der Waals surface area contributed by atoms with Gasteiger partial charge in [-0.05, 0) is 49.9 Å². The van der Waals surface area contributed by atoms with Crippen molar-refractivity contribution in [3.63, 3.8) is 0 Å². The Morgan fingerprint density at radius 2 is 1.66 bits per heavy atom. The van der Waals surface area contributed by atoms with E-state index >= 15 is 0 Å². The lowest BCUT2D eigenvalue weighted by Crippen LogP contribution is -2.37. The zero-order chi connectivity index (χ0) is 24.3. The lowest BCUT2D eigenvalue weighted by Gasteiger charge is -2.27. The highest BCUT2D eigenvalue weighted by Gasteiger charge is 2.16. The van der Waals surface area contributed by atoms with Crippen LogP contribution in [0.25, 0.3) is 10.9 Å². The van der Waals surface area contributed by atoms with Gasteiger partial charge in [0.15, 0.2) is 0 Å². The maximum atomic E-state index is 9.03. The number of pyridine rings is 1. The Kier molecular flexibility index (Phi) is 9.86. The predicted octanol–water partition coefficient (Wildman–Crippen LogP) is 4.44.